The molecule has 0 spiro atoms. The summed E-state index contributed by atoms with van der Waals surface area (Å²) in [5.41, 5.74) is 2.82. The molecule has 0 radical (unpaired) electrons. The van der Waals surface area contributed by atoms with Crippen LogP contribution in [0.3, 0.4) is 0 Å². The molecule has 3 rings (SSSR count). The highest BCUT2D eigenvalue weighted by Gasteiger charge is 2.30. The molecule has 0 bridgehead atoms. The number of morpholine rings is 1. The molecule has 2 heterocycles. The normalized spacial score (nSPS) is 20.8. The van der Waals surface area contributed by atoms with Crippen LogP contribution in [0, 0.1) is 11.3 Å². The van der Waals surface area contributed by atoms with E-state index in [9.17, 15) is 10.1 Å². The van der Waals surface area contributed by atoms with Crippen molar-refractivity contribution in [1.29, 1.82) is 5.26 Å². The lowest BCUT2D eigenvalue weighted by Crippen LogP contribution is -2.47. The Labute approximate surface area is 123 Å². The summed E-state index contributed by atoms with van der Waals surface area (Å²) < 4.78 is 10.2. The van der Waals surface area contributed by atoms with Crippen molar-refractivity contribution in [1.82, 2.24) is 4.98 Å². The van der Waals surface area contributed by atoms with E-state index in [1.165, 1.54) is 12.7 Å². The minimum Gasteiger partial charge on any atom is -0.467 e. The smallest absolute Gasteiger partial charge is 0.336 e. The van der Waals surface area contributed by atoms with Gasteiger partial charge in [0.25, 0.3) is 0 Å². The van der Waals surface area contributed by atoms with Crippen LogP contribution in [0.4, 0.5) is 5.82 Å². The van der Waals surface area contributed by atoms with Gasteiger partial charge in [0.2, 0.25) is 0 Å². The van der Waals surface area contributed by atoms with E-state index in [-0.39, 0.29) is 5.97 Å². The summed E-state index contributed by atoms with van der Waals surface area (Å²) in [6.45, 7) is 1.41. The van der Waals surface area contributed by atoms with Gasteiger partial charge >= 0.3 is 5.97 Å². The summed E-state index contributed by atoms with van der Waals surface area (Å²) in [5.74, 6) is 0.273. The van der Waals surface area contributed by atoms with Gasteiger partial charge in [-0.15, -0.1) is 0 Å². The van der Waals surface area contributed by atoms with Gasteiger partial charge in [-0.3, -0.25) is 0 Å². The van der Waals surface area contributed by atoms with E-state index in [2.05, 4.69) is 11.1 Å². The molecule has 0 aromatic carbocycles. The largest absolute Gasteiger partial charge is 0.467 e. The number of aryl methyl sites for hydroxylation is 2. The molecule has 1 aromatic rings. The molecule has 6 heteroatoms. The third kappa shape index (κ3) is 2.57. The molecule has 6 nitrogen and oxygen atoms in total. The van der Waals surface area contributed by atoms with Crippen LogP contribution in [0.5, 0.6) is 0 Å². The molecule has 1 fully saturated rings. The first kappa shape index (κ1) is 13.8. The summed E-state index contributed by atoms with van der Waals surface area (Å²) in [5, 5.41) is 9.36. The Morgan fingerprint density at radius 1 is 1.57 bits per heavy atom. The first-order chi connectivity index (χ1) is 10.2. The van der Waals surface area contributed by atoms with E-state index in [0.717, 1.165) is 25.0 Å². The quantitative estimate of drug-likeness (QED) is 0.750. The van der Waals surface area contributed by atoms with Crippen LogP contribution in [-0.4, -0.2) is 43.9 Å². The minimum atomic E-state index is -0.620. The second-order valence-electron chi connectivity index (χ2n) is 5.26. The van der Waals surface area contributed by atoms with Crippen LogP contribution in [0.2, 0.25) is 0 Å². The fourth-order valence-electron chi connectivity index (χ4n) is 2.90. The maximum Gasteiger partial charge on any atom is 0.336 e. The van der Waals surface area contributed by atoms with Gasteiger partial charge in [0.1, 0.15) is 11.9 Å². The first-order valence-corrected chi connectivity index (χ1v) is 7.10. The Bertz CT molecular complexity index is 609. The number of carbonyl (C=O) groups excluding carboxylic acids is 1. The van der Waals surface area contributed by atoms with Gasteiger partial charge < -0.3 is 14.4 Å². The predicted octanol–water partition coefficient (Wildman–Crippen LogP) is 0.820. The molecule has 110 valence electrons. The highest BCUT2D eigenvalue weighted by Crippen LogP contribution is 2.28. The van der Waals surface area contributed by atoms with Crippen LogP contribution in [0.1, 0.15) is 23.2 Å². The Morgan fingerprint density at radius 3 is 3.19 bits per heavy atom. The van der Waals surface area contributed by atoms with Crippen LogP contribution in [-0.2, 0) is 27.1 Å². The molecule has 1 atom stereocenters. The number of nitriles is 1. The summed E-state index contributed by atoms with van der Waals surface area (Å²) in [7, 11) is 1.35. The standard InChI is InChI=1S/C15H17N3O3/c1-20-15(19)13-9-18(5-6-21-13)14-11(8-16)7-10-3-2-4-12(10)17-14/h7,13H,2-6,9H2,1H3. The first-order valence-electron chi connectivity index (χ1n) is 7.10. The molecule has 2 aliphatic rings. The monoisotopic (exact) mass is 287 g/mol. The molecule has 1 saturated heterocycles. The number of nitrogens with zero attached hydrogens (tertiary/aromatic N) is 3. The van der Waals surface area contributed by atoms with Gasteiger partial charge in [-0.1, -0.05) is 0 Å². The molecular weight excluding hydrogens is 270 g/mol. The number of rotatable bonds is 2. The average Bonchev–Trinajstić information content (AvgIpc) is 3.00. The van der Waals surface area contributed by atoms with Gasteiger partial charge in [-0.2, -0.15) is 5.26 Å². The van der Waals surface area contributed by atoms with E-state index >= 15 is 0 Å². The van der Waals surface area contributed by atoms with Crippen LogP contribution in [0.25, 0.3) is 0 Å². The summed E-state index contributed by atoms with van der Waals surface area (Å²) in [6, 6.07) is 4.16. The highest BCUT2D eigenvalue weighted by molar-refractivity contribution is 5.76. The lowest BCUT2D eigenvalue weighted by Gasteiger charge is -2.33. The number of methoxy groups -OCH3 is 1. The van der Waals surface area contributed by atoms with E-state index in [0.29, 0.717) is 31.1 Å². The molecule has 0 N–H and O–H groups in total. The zero-order chi connectivity index (χ0) is 14.8. The van der Waals surface area contributed by atoms with Crippen LogP contribution < -0.4 is 4.90 Å². The SMILES string of the molecule is COC(=O)C1CN(c2nc3c(cc2C#N)CCC3)CCO1. The van der Waals surface area contributed by atoms with E-state index in [1.807, 2.05) is 11.0 Å². The van der Waals surface area contributed by atoms with Gasteiger partial charge in [-0.25, -0.2) is 9.78 Å². The zero-order valence-electron chi connectivity index (χ0n) is 12.0. The Hall–Kier alpha value is -2.13. The number of carbonyl (C=O) groups is 1. The van der Waals surface area contributed by atoms with Gasteiger partial charge in [0.15, 0.2) is 6.10 Å². The van der Waals surface area contributed by atoms with Gasteiger partial charge in [-0.05, 0) is 30.9 Å². The molecule has 1 aliphatic heterocycles. The molecule has 0 saturated carbocycles. The Kier molecular flexibility index (Phi) is 3.76. The zero-order valence-corrected chi connectivity index (χ0v) is 12.0. The summed E-state index contributed by atoms with van der Waals surface area (Å²) >= 11 is 0. The minimum absolute atomic E-state index is 0.368. The summed E-state index contributed by atoms with van der Waals surface area (Å²) in [6.07, 6.45) is 2.42. The fraction of sp³-hybridized carbons (Fsp3) is 0.533. The maximum atomic E-state index is 11.6. The van der Waals surface area contributed by atoms with Crippen LogP contribution in [0.15, 0.2) is 6.07 Å². The number of aromatic nitrogens is 1. The lowest BCUT2D eigenvalue weighted by molar-refractivity contribution is -0.154. The second kappa shape index (κ2) is 5.70. The molecular formula is C15H17N3O3. The predicted molar refractivity (Wildman–Crippen MR) is 74.9 cm³/mol. The van der Waals surface area contributed by atoms with Crippen molar-refractivity contribution in [3.05, 3.63) is 22.9 Å². The van der Waals surface area contributed by atoms with E-state index < -0.39 is 6.10 Å². The number of esters is 1. The Balaban J connectivity index is 1.89. The van der Waals surface area contributed by atoms with Crippen LogP contribution >= 0.6 is 0 Å². The lowest BCUT2D eigenvalue weighted by atomic mass is 10.1. The molecule has 21 heavy (non-hydrogen) atoms. The maximum absolute atomic E-state index is 11.6. The van der Waals surface area contributed by atoms with E-state index in [1.54, 1.807) is 0 Å². The third-order valence-corrected chi connectivity index (χ3v) is 3.98. The molecule has 1 aromatic heterocycles. The van der Waals surface area contributed by atoms with Crippen molar-refractivity contribution < 1.29 is 14.3 Å². The van der Waals surface area contributed by atoms with E-state index in [4.69, 9.17) is 9.47 Å². The number of hydrogen-bond donors (Lipinski definition) is 0. The number of hydrogen-bond acceptors (Lipinski definition) is 6. The molecule has 0 amide bonds. The summed E-state index contributed by atoms with van der Waals surface area (Å²) in [4.78, 5) is 18.2. The topological polar surface area (TPSA) is 75.5 Å². The van der Waals surface area contributed by atoms with Crippen molar-refractivity contribution in [2.45, 2.75) is 25.4 Å². The second-order valence-corrected chi connectivity index (χ2v) is 5.26. The van der Waals surface area contributed by atoms with Gasteiger partial charge in [0.05, 0.1) is 25.8 Å². The number of pyridine rings is 1. The third-order valence-electron chi connectivity index (χ3n) is 3.98. The van der Waals surface area contributed by atoms with Crippen molar-refractivity contribution in [3.63, 3.8) is 0 Å². The van der Waals surface area contributed by atoms with Crippen molar-refractivity contribution in [2.75, 3.05) is 31.7 Å². The molecule has 1 unspecified atom stereocenters. The molecule has 1 aliphatic carbocycles. The van der Waals surface area contributed by atoms with Crippen molar-refractivity contribution in [2.24, 2.45) is 0 Å². The van der Waals surface area contributed by atoms with Crippen molar-refractivity contribution >= 4 is 11.8 Å². The number of ether oxygens (including phenoxy) is 2. The average molecular weight is 287 g/mol. The van der Waals surface area contributed by atoms with Gasteiger partial charge in [0, 0.05) is 12.2 Å². The van der Waals surface area contributed by atoms with Crippen molar-refractivity contribution in [3.8, 4) is 6.07 Å². The number of anilines is 1. The fourth-order valence-corrected chi connectivity index (χ4v) is 2.90. The number of fused-ring (bicyclic) bond motifs is 1. The highest BCUT2D eigenvalue weighted by atomic mass is 16.6. The Morgan fingerprint density at radius 2 is 2.43 bits per heavy atom.